The standard InChI is InChI=1S/C36H28N2O4/c1-25-7-5-9-29(21-25)37-23-27-13-17-31(18-14-27)41-35(39)33-11-3-4-12-34(33)36(40)42-32-19-15-28(16-20-32)24-38-30-10-6-8-26(2)22-30/h3-24H,1-2H3. The van der Waals surface area contributed by atoms with Crippen LogP contribution in [0.2, 0.25) is 0 Å². The van der Waals surface area contributed by atoms with E-state index >= 15 is 0 Å². The third-order valence-electron chi connectivity index (χ3n) is 6.28. The molecule has 0 amide bonds. The van der Waals surface area contributed by atoms with E-state index in [1.165, 1.54) is 12.1 Å². The summed E-state index contributed by atoms with van der Waals surface area (Å²) < 4.78 is 11.1. The minimum atomic E-state index is -0.661. The number of aliphatic imine (C=N–C) groups is 2. The van der Waals surface area contributed by atoms with Crippen LogP contribution in [-0.4, -0.2) is 24.4 Å². The van der Waals surface area contributed by atoms with E-state index < -0.39 is 11.9 Å². The molecule has 0 aliphatic rings. The Morgan fingerprint density at radius 2 is 0.929 bits per heavy atom. The maximum Gasteiger partial charge on any atom is 0.344 e. The van der Waals surface area contributed by atoms with E-state index in [9.17, 15) is 9.59 Å². The minimum Gasteiger partial charge on any atom is -0.423 e. The number of ether oxygens (including phenoxy) is 2. The molecule has 42 heavy (non-hydrogen) atoms. The fourth-order valence-electron chi connectivity index (χ4n) is 4.12. The summed E-state index contributed by atoms with van der Waals surface area (Å²) in [5.74, 6) is -0.629. The minimum absolute atomic E-state index is 0.106. The van der Waals surface area contributed by atoms with Crippen LogP contribution in [0.5, 0.6) is 11.5 Å². The highest BCUT2D eigenvalue weighted by molar-refractivity contribution is 6.04. The molecule has 0 fully saturated rings. The molecule has 0 spiro atoms. The average molecular weight is 553 g/mol. The topological polar surface area (TPSA) is 77.3 Å². The number of nitrogens with zero attached hydrogens (tertiary/aromatic N) is 2. The van der Waals surface area contributed by atoms with Crippen molar-refractivity contribution in [3.63, 3.8) is 0 Å². The van der Waals surface area contributed by atoms with Crippen molar-refractivity contribution in [3.8, 4) is 11.5 Å². The van der Waals surface area contributed by atoms with Gasteiger partial charge >= 0.3 is 11.9 Å². The van der Waals surface area contributed by atoms with Crippen LogP contribution in [0.4, 0.5) is 11.4 Å². The molecule has 0 unspecified atom stereocenters. The van der Waals surface area contributed by atoms with Crippen LogP contribution in [-0.2, 0) is 0 Å². The van der Waals surface area contributed by atoms with Gasteiger partial charge in [-0.25, -0.2) is 9.59 Å². The van der Waals surface area contributed by atoms with Crippen LogP contribution in [0.3, 0.4) is 0 Å². The molecule has 0 atom stereocenters. The van der Waals surface area contributed by atoms with Gasteiger partial charge in [-0.2, -0.15) is 0 Å². The van der Waals surface area contributed by atoms with Gasteiger partial charge in [-0.3, -0.25) is 9.98 Å². The SMILES string of the molecule is Cc1cccc(N=Cc2ccc(OC(=O)c3ccccc3C(=O)Oc3ccc(C=Nc4cccc(C)c4)cc3)cc2)c1. The van der Waals surface area contributed by atoms with Gasteiger partial charge in [0, 0.05) is 12.4 Å². The molecule has 6 heteroatoms. The second-order valence-electron chi connectivity index (χ2n) is 9.66. The van der Waals surface area contributed by atoms with Crippen LogP contribution in [0.1, 0.15) is 43.0 Å². The van der Waals surface area contributed by atoms with Crippen molar-refractivity contribution in [2.24, 2.45) is 9.98 Å². The molecular formula is C36H28N2O4. The van der Waals surface area contributed by atoms with Gasteiger partial charge in [-0.1, -0.05) is 36.4 Å². The molecule has 0 radical (unpaired) electrons. The van der Waals surface area contributed by atoms with Crippen LogP contribution < -0.4 is 9.47 Å². The van der Waals surface area contributed by atoms with Crippen molar-refractivity contribution in [2.75, 3.05) is 0 Å². The molecule has 0 bridgehead atoms. The molecule has 0 saturated carbocycles. The van der Waals surface area contributed by atoms with Crippen molar-refractivity contribution in [1.82, 2.24) is 0 Å². The van der Waals surface area contributed by atoms with E-state index in [0.29, 0.717) is 11.5 Å². The van der Waals surface area contributed by atoms with Gasteiger partial charge < -0.3 is 9.47 Å². The molecule has 5 aromatic rings. The second-order valence-corrected chi connectivity index (χ2v) is 9.66. The van der Waals surface area contributed by atoms with Crippen LogP contribution in [0.25, 0.3) is 0 Å². The third kappa shape index (κ3) is 7.52. The maximum absolute atomic E-state index is 13.0. The van der Waals surface area contributed by atoms with E-state index in [2.05, 4.69) is 9.98 Å². The first-order chi connectivity index (χ1) is 20.4. The van der Waals surface area contributed by atoms with Crippen molar-refractivity contribution in [2.45, 2.75) is 13.8 Å². The molecule has 6 nitrogen and oxygen atoms in total. The number of rotatable bonds is 8. The molecule has 0 heterocycles. The summed E-state index contributed by atoms with van der Waals surface area (Å²) in [6.07, 6.45) is 3.49. The largest absolute Gasteiger partial charge is 0.423 e. The first-order valence-corrected chi connectivity index (χ1v) is 13.4. The highest BCUT2D eigenvalue weighted by Crippen LogP contribution is 2.20. The Hall–Kier alpha value is -5.62. The van der Waals surface area contributed by atoms with Crippen molar-refractivity contribution in [3.05, 3.63) is 155 Å². The summed E-state index contributed by atoms with van der Waals surface area (Å²) in [6, 6.07) is 36.1. The normalized spacial score (nSPS) is 11.1. The molecule has 0 N–H and O–H groups in total. The number of carbonyl (C=O) groups excluding carboxylic acids is 2. The fraction of sp³-hybridized carbons (Fsp3) is 0.0556. The predicted molar refractivity (Wildman–Crippen MR) is 166 cm³/mol. The number of hydrogen-bond acceptors (Lipinski definition) is 6. The van der Waals surface area contributed by atoms with Gasteiger partial charge in [0.15, 0.2) is 0 Å². The second kappa shape index (κ2) is 13.2. The Bertz CT molecular complexity index is 1640. The molecule has 0 aliphatic heterocycles. The highest BCUT2D eigenvalue weighted by atomic mass is 16.5. The Morgan fingerprint density at radius 3 is 1.31 bits per heavy atom. The Balaban J connectivity index is 1.22. The zero-order valence-electron chi connectivity index (χ0n) is 23.2. The molecule has 0 aliphatic carbocycles. The first-order valence-electron chi connectivity index (χ1n) is 13.4. The summed E-state index contributed by atoms with van der Waals surface area (Å²) in [5.41, 5.74) is 5.90. The lowest BCUT2D eigenvalue weighted by Gasteiger charge is -2.10. The van der Waals surface area contributed by atoms with Gasteiger partial charge in [-0.05, 0) is 121 Å². The Kier molecular flexibility index (Phi) is 8.75. The first kappa shape index (κ1) is 27.9. The summed E-state index contributed by atoms with van der Waals surface area (Å²) in [6.45, 7) is 4.03. The van der Waals surface area contributed by atoms with Gasteiger partial charge in [0.2, 0.25) is 0 Å². The molecular weight excluding hydrogens is 524 g/mol. The van der Waals surface area contributed by atoms with E-state index in [-0.39, 0.29) is 11.1 Å². The van der Waals surface area contributed by atoms with Crippen LogP contribution in [0.15, 0.2) is 131 Å². The number of hydrogen-bond donors (Lipinski definition) is 0. The lowest BCUT2D eigenvalue weighted by Crippen LogP contribution is -2.17. The predicted octanol–water partition coefficient (Wildman–Crippen LogP) is 8.24. The highest BCUT2D eigenvalue weighted by Gasteiger charge is 2.20. The van der Waals surface area contributed by atoms with Gasteiger partial charge in [-0.15, -0.1) is 0 Å². The molecule has 0 saturated heterocycles. The number of carbonyl (C=O) groups is 2. The van der Waals surface area contributed by atoms with Crippen LogP contribution >= 0.6 is 0 Å². The summed E-state index contributed by atoms with van der Waals surface area (Å²) in [5, 5.41) is 0. The molecule has 0 aromatic heterocycles. The fourth-order valence-corrected chi connectivity index (χ4v) is 4.12. The monoisotopic (exact) mass is 552 g/mol. The Labute approximate surface area is 244 Å². The smallest absolute Gasteiger partial charge is 0.344 e. The van der Waals surface area contributed by atoms with Crippen molar-refractivity contribution >= 4 is 35.7 Å². The van der Waals surface area contributed by atoms with Crippen LogP contribution in [0, 0.1) is 13.8 Å². The zero-order valence-corrected chi connectivity index (χ0v) is 23.2. The number of aryl methyl sites for hydroxylation is 2. The van der Waals surface area contributed by atoms with Crippen molar-refractivity contribution < 1.29 is 19.1 Å². The average Bonchev–Trinajstić information content (AvgIpc) is 3.00. The summed E-state index contributed by atoms with van der Waals surface area (Å²) in [7, 11) is 0. The number of esters is 2. The Morgan fingerprint density at radius 1 is 0.524 bits per heavy atom. The summed E-state index contributed by atoms with van der Waals surface area (Å²) >= 11 is 0. The lowest BCUT2D eigenvalue weighted by molar-refractivity contribution is 0.0692. The van der Waals surface area contributed by atoms with Gasteiger partial charge in [0.05, 0.1) is 22.5 Å². The molecule has 5 rings (SSSR count). The van der Waals surface area contributed by atoms with Gasteiger partial charge in [0.1, 0.15) is 11.5 Å². The zero-order chi connectivity index (χ0) is 29.3. The third-order valence-corrected chi connectivity index (χ3v) is 6.28. The lowest BCUT2D eigenvalue weighted by atomic mass is 10.1. The summed E-state index contributed by atoms with van der Waals surface area (Å²) in [4.78, 5) is 35.0. The molecule has 5 aromatic carbocycles. The number of benzene rings is 5. The van der Waals surface area contributed by atoms with Gasteiger partial charge in [0.25, 0.3) is 0 Å². The van der Waals surface area contributed by atoms with Crippen molar-refractivity contribution in [1.29, 1.82) is 0 Å². The quantitative estimate of drug-likeness (QED) is 0.110. The maximum atomic E-state index is 13.0. The van der Waals surface area contributed by atoms with E-state index in [1.54, 1.807) is 73.1 Å². The van der Waals surface area contributed by atoms with E-state index in [1.807, 2.05) is 62.4 Å². The van der Waals surface area contributed by atoms with E-state index in [4.69, 9.17) is 9.47 Å². The molecule has 206 valence electrons. The van der Waals surface area contributed by atoms with E-state index in [0.717, 1.165) is 33.6 Å².